The Labute approximate surface area is 99.4 Å². The molecule has 0 spiro atoms. The first-order valence-electron chi connectivity index (χ1n) is 4.99. The van der Waals surface area contributed by atoms with E-state index in [0.29, 0.717) is 6.61 Å². The predicted molar refractivity (Wildman–Crippen MR) is 65.4 cm³/mol. The molecular weight excluding hydrogens is 256 g/mol. The molecule has 3 heteroatoms. The molecule has 0 saturated carbocycles. The van der Waals surface area contributed by atoms with E-state index in [0.717, 1.165) is 10.2 Å². The van der Waals surface area contributed by atoms with E-state index in [1.54, 1.807) is 0 Å². The molecule has 0 aromatic heterocycles. The summed E-state index contributed by atoms with van der Waals surface area (Å²) in [5.41, 5.74) is 1.39. The van der Waals surface area contributed by atoms with Gasteiger partial charge in [-0.3, -0.25) is 0 Å². The average Bonchev–Trinajstić information content (AvgIpc) is 2.14. The summed E-state index contributed by atoms with van der Waals surface area (Å²) in [6.07, 6.45) is 0. The van der Waals surface area contributed by atoms with Crippen LogP contribution in [0.25, 0.3) is 0 Å². The van der Waals surface area contributed by atoms with Crippen molar-refractivity contribution in [2.45, 2.75) is 26.2 Å². The van der Waals surface area contributed by atoms with Gasteiger partial charge < -0.3 is 9.84 Å². The Hall–Kier alpha value is -0.540. The molecule has 0 aliphatic rings. The molecule has 0 saturated heterocycles. The van der Waals surface area contributed by atoms with Crippen LogP contribution in [0.4, 0.5) is 0 Å². The molecule has 84 valence electrons. The predicted octanol–water partition coefficient (Wildman–Crippen LogP) is 3.12. The molecule has 1 aromatic carbocycles. The quantitative estimate of drug-likeness (QED) is 0.916. The van der Waals surface area contributed by atoms with Gasteiger partial charge >= 0.3 is 0 Å². The molecule has 1 N–H and O–H groups in total. The highest BCUT2D eigenvalue weighted by Gasteiger charge is 2.15. The Morgan fingerprint density at radius 3 is 2.47 bits per heavy atom. The fraction of sp³-hybridized carbons (Fsp3) is 0.500. The minimum Gasteiger partial charge on any atom is -0.490 e. The van der Waals surface area contributed by atoms with Gasteiger partial charge in [-0.05, 0) is 39.0 Å². The van der Waals surface area contributed by atoms with Crippen LogP contribution in [-0.4, -0.2) is 18.3 Å². The van der Waals surface area contributed by atoms with Crippen LogP contribution in [0.15, 0.2) is 22.7 Å². The van der Waals surface area contributed by atoms with Crippen molar-refractivity contribution in [1.82, 2.24) is 0 Å². The Bertz CT molecular complexity index is 329. The average molecular weight is 273 g/mol. The van der Waals surface area contributed by atoms with Crippen molar-refractivity contribution in [3.8, 4) is 5.75 Å². The lowest BCUT2D eigenvalue weighted by molar-refractivity contribution is 0.200. The Morgan fingerprint density at radius 2 is 2.00 bits per heavy atom. The molecule has 0 unspecified atom stereocenters. The van der Waals surface area contributed by atoms with Gasteiger partial charge in [-0.2, -0.15) is 0 Å². The second kappa shape index (κ2) is 4.99. The normalized spacial score (nSPS) is 11.5. The molecule has 0 fully saturated rings. The van der Waals surface area contributed by atoms with Crippen LogP contribution >= 0.6 is 15.9 Å². The molecular formula is C12H17BrO2. The zero-order valence-corrected chi connectivity index (χ0v) is 11.0. The molecule has 1 rings (SSSR count). The lowest BCUT2D eigenvalue weighted by Crippen LogP contribution is -2.11. The van der Waals surface area contributed by atoms with Crippen LogP contribution < -0.4 is 4.74 Å². The molecule has 0 bridgehead atoms. The molecule has 15 heavy (non-hydrogen) atoms. The van der Waals surface area contributed by atoms with Crippen molar-refractivity contribution in [3.05, 3.63) is 28.2 Å². The number of ether oxygens (including phenoxy) is 1. The third-order valence-electron chi connectivity index (χ3n) is 2.15. The number of aliphatic hydroxyl groups excluding tert-OH is 1. The number of aliphatic hydroxyl groups is 1. The first-order chi connectivity index (χ1) is 6.95. The maximum atomic E-state index is 8.66. The second-order valence-corrected chi connectivity index (χ2v) is 5.32. The van der Waals surface area contributed by atoms with Gasteiger partial charge in [-0.25, -0.2) is 0 Å². The van der Waals surface area contributed by atoms with Crippen molar-refractivity contribution in [1.29, 1.82) is 0 Å². The van der Waals surface area contributed by atoms with Crippen molar-refractivity contribution in [2.75, 3.05) is 13.2 Å². The molecule has 1 aromatic rings. The van der Waals surface area contributed by atoms with E-state index >= 15 is 0 Å². The van der Waals surface area contributed by atoms with Crippen molar-refractivity contribution < 1.29 is 9.84 Å². The Morgan fingerprint density at radius 1 is 1.33 bits per heavy atom. The summed E-state index contributed by atoms with van der Waals surface area (Å²) in [6.45, 7) is 6.87. The minimum atomic E-state index is 0.0352. The number of halogens is 1. The van der Waals surface area contributed by atoms with Gasteiger partial charge in [-0.15, -0.1) is 0 Å². The maximum Gasteiger partial charge on any atom is 0.133 e. The molecule has 2 nitrogen and oxygen atoms in total. The van der Waals surface area contributed by atoms with Gasteiger partial charge in [0.25, 0.3) is 0 Å². The fourth-order valence-corrected chi connectivity index (χ4v) is 1.73. The highest BCUT2D eigenvalue weighted by molar-refractivity contribution is 9.10. The Balaban J connectivity index is 2.88. The first kappa shape index (κ1) is 12.5. The van der Waals surface area contributed by atoms with Gasteiger partial charge in [0.15, 0.2) is 0 Å². The third kappa shape index (κ3) is 3.50. The van der Waals surface area contributed by atoms with Gasteiger partial charge in [0.1, 0.15) is 12.4 Å². The highest BCUT2D eigenvalue weighted by atomic mass is 79.9. The van der Waals surface area contributed by atoms with E-state index in [9.17, 15) is 0 Å². The molecule has 0 amide bonds. The van der Waals surface area contributed by atoms with Gasteiger partial charge in [-0.1, -0.05) is 26.8 Å². The molecule has 0 heterocycles. The van der Waals surface area contributed by atoms with E-state index in [-0.39, 0.29) is 12.0 Å². The summed E-state index contributed by atoms with van der Waals surface area (Å²) in [4.78, 5) is 0. The topological polar surface area (TPSA) is 29.5 Å². The zero-order valence-electron chi connectivity index (χ0n) is 9.38. The minimum absolute atomic E-state index is 0.0352. The summed E-state index contributed by atoms with van der Waals surface area (Å²) in [7, 11) is 0. The summed E-state index contributed by atoms with van der Waals surface area (Å²) in [6, 6.07) is 6.05. The standard InChI is InChI=1S/C12H17BrO2/c1-12(2,3)9-4-5-11(10(13)8-9)15-7-6-14/h4-5,8,14H,6-7H2,1-3H3. The van der Waals surface area contributed by atoms with Crippen LogP contribution in [0.2, 0.25) is 0 Å². The summed E-state index contributed by atoms with van der Waals surface area (Å²) >= 11 is 3.46. The smallest absolute Gasteiger partial charge is 0.133 e. The van der Waals surface area contributed by atoms with Crippen molar-refractivity contribution in [3.63, 3.8) is 0 Å². The van der Waals surface area contributed by atoms with Crippen LogP contribution in [0.3, 0.4) is 0 Å². The van der Waals surface area contributed by atoms with Crippen molar-refractivity contribution >= 4 is 15.9 Å². The van der Waals surface area contributed by atoms with Crippen LogP contribution in [0.1, 0.15) is 26.3 Å². The maximum absolute atomic E-state index is 8.66. The highest BCUT2D eigenvalue weighted by Crippen LogP contribution is 2.31. The molecule has 0 radical (unpaired) electrons. The number of rotatable bonds is 3. The summed E-state index contributed by atoms with van der Waals surface area (Å²) in [5, 5.41) is 8.66. The van der Waals surface area contributed by atoms with E-state index < -0.39 is 0 Å². The largest absolute Gasteiger partial charge is 0.490 e. The Kier molecular flexibility index (Phi) is 4.17. The SMILES string of the molecule is CC(C)(C)c1ccc(OCCO)c(Br)c1. The van der Waals surface area contributed by atoms with Crippen LogP contribution in [0, 0.1) is 0 Å². The molecule has 0 aliphatic heterocycles. The number of benzene rings is 1. The van der Waals surface area contributed by atoms with Gasteiger partial charge in [0, 0.05) is 0 Å². The van der Waals surface area contributed by atoms with E-state index in [2.05, 4.69) is 48.8 Å². The monoisotopic (exact) mass is 272 g/mol. The summed E-state index contributed by atoms with van der Waals surface area (Å²) in [5.74, 6) is 0.775. The van der Waals surface area contributed by atoms with Gasteiger partial charge in [0.2, 0.25) is 0 Å². The molecule has 0 atom stereocenters. The van der Waals surface area contributed by atoms with Crippen LogP contribution in [0.5, 0.6) is 5.75 Å². The third-order valence-corrected chi connectivity index (χ3v) is 2.77. The van der Waals surface area contributed by atoms with E-state index in [4.69, 9.17) is 9.84 Å². The van der Waals surface area contributed by atoms with E-state index in [1.807, 2.05) is 6.07 Å². The summed E-state index contributed by atoms with van der Waals surface area (Å²) < 4.78 is 6.29. The zero-order chi connectivity index (χ0) is 11.5. The number of hydrogen-bond acceptors (Lipinski definition) is 2. The lowest BCUT2D eigenvalue weighted by atomic mass is 9.87. The first-order valence-corrected chi connectivity index (χ1v) is 5.78. The van der Waals surface area contributed by atoms with Gasteiger partial charge in [0.05, 0.1) is 11.1 Å². The fourth-order valence-electron chi connectivity index (χ4n) is 1.24. The lowest BCUT2D eigenvalue weighted by Gasteiger charge is -2.20. The molecule has 0 aliphatic carbocycles. The van der Waals surface area contributed by atoms with Crippen molar-refractivity contribution in [2.24, 2.45) is 0 Å². The number of hydrogen-bond donors (Lipinski definition) is 1. The van der Waals surface area contributed by atoms with E-state index in [1.165, 1.54) is 5.56 Å². The van der Waals surface area contributed by atoms with Crippen LogP contribution in [-0.2, 0) is 5.41 Å². The second-order valence-electron chi connectivity index (χ2n) is 4.47.